The molecule has 0 unspecified atom stereocenters. The number of pyridine rings is 1. The second-order valence-corrected chi connectivity index (χ2v) is 4.13. The molecular formula is C15H15NO2. The molecule has 92 valence electrons. The van der Waals surface area contributed by atoms with Gasteiger partial charge in [-0.25, -0.2) is 4.79 Å². The first-order chi connectivity index (χ1) is 8.72. The fourth-order valence-corrected chi connectivity index (χ4v) is 1.88. The third kappa shape index (κ3) is 2.56. The van der Waals surface area contributed by atoms with Gasteiger partial charge in [-0.05, 0) is 36.1 Å². The van der Waals surface area contributed by atoms with Crippen LogP contribution in [0.1, 0.15) is 27.0 Å². The summed E-state index contributed by atoms with van der Waals surface area (Å²) in [6.07, 6.45) is 3.96. The minimum Gasteiger partial charge on any atom is -0.465 e. The van der Waals surface area contributed by atoms with Crippen molar-refractivity contribution in [1.82, 2.24) is 4.98 Å². The molecule has 0 N–H and O–H groups in total. The molecule has 0 spiro atoms. The highest BCUT2D eigenvalue weighted by molar-refractivity contribution is 5.90. The van der Waals surface area contributed by atoms with Crippen molar-refractivity contribution in [1.29, 1.82) is 0 Å². The van der Waals surface area contributed by atoms with E-state index < -0.39 is 0 Å². The van der Waals surface area contributed by atoms with Gasteiger partial charge in [0.1, 0.15) is 0 Å². The Morgan fingerprint density at radius 2 is 2.00 bits per heavy atom. The summed E-state index contributed by atoms with van der Waals surface area (Å²) in [5.41, 5.74) is 3.88. The summed E-state index contributed by atoms with van der Waals surface area (Å²) in [4.78, 5) is 15.6. The summed E-state index contributed by atoms with van der Waals surface area (Å²) in [5.74, 6) is -0.341. The van der Waals surface area contributed by atoms with Gasteiger partial charge in [-0.3, -0.25) is 4.98 Å². The lowest BCUT2D eigenvalue weighted by molar-refractivity contribution is 0.0599. The first-order valence-corrected chi connectivity index (χ1v) is 5.78. The Hall–Kier alpha value is -2.16. The van der Waals surface area contributed by atoms with Gasteiger partial charge in [0.2, 0.25) is 0 Å². The van der Waals surface area contributed by atoms with E-state index in [9.17, 15) is 4.79 Å². The van der Waals surface area contributed by atoms with Crippen molar-refractivity contribution in [3.63, 3.8) is 0 Å². The van der Waals surface area contributed by atoms with Crippen LogP contribution in [0.3, 0.4) is 0 Å². The first-order valence-electron chi connectivity index (χ1n) is 5.78. The minimum absolute atomic E-state index is 0.341. The van der Waals surface area contributed by atoms with Crippen LogP contribution in [0.4, 0.5) is 0 Å². The number of rotatable bonds is 3. The number of ether oxygens (including phenoxy) is 1. The van der Waals surface area contributed by atoms with Crippen LogP contribution in [0.2, 0.25) is 0 Å². The fraction of sp³-hybridized carbons (Fsp3) is 0.200. The second-order valence-electron chi connectivity index (χ2n) is 4.13. The second kappa shape index (κ2) is 5.45. The molecule has 2 aromatic rings. The van der Waals surface area contributed by atoms with E-state index >= 15 is 0 Å². The zero-order valence-corrected chi connectivity index (χ0v) is 10.5. The van der Waals surface area contributed by atoms with Gasteiger partial charge < -0.3 is 4.74 Å². The van der Waals surface area contributed by atoms with E-state index in [-0.39, 0.29) is 5.97 Å². The van der Waals surface area contributed by atoms with Crippen molar-refractivity contribution in [3.05, 3.63) is 65.0 Å². The number of hydrogen-bond acceptors (Lipinski definition) is 3. The molecule has 2 rings (SSSR count). The Labute approximate surface area is 106 Å². The van der Waals surface area contributed by atoms with Crippen molar-refractivity contribution in [2.24, 2.45) is 0 Å². The zero-order chi connectivity index (χ0) is 13.0. The number of aryl methyl sites for hydroxylation is 1. The summed E-state index contributed by atoms with van der Waals surface area (Å²) in [6.45, 7) is 2.06. The summed E-state index contributed by atoms with van der Waals surface area (Å²) in [6, 6.07) is 10.00. The fourth-order valence-electron chi connectivity index (χ4n) is 1.88. The standard InChI is InChI=1S/C15H15NO2/c1-11-5-3-4-6-12(11)9-13-7-8-16-10-14(13)15(17)18-2/h3-8,10H,9H2,1-2H3. The van der Waals surface area contributed by atoms with E-state index in [0.29, 0.717) is 12.0 Å². The molecule has 0 bridgehead atoms. The van der Waals surface area contributed by atoms with Crippen molar-refractivity contribution in [3.8, 4) is 0 Å². The van der Waals surface area contributed by atoms with Crippen LogP contribution in [0.5, 0.6) is 0 Å². The van der Waals surface area contributed by atoms with E-state index in [1.807, 2.05) is 18.2 Å². The van der Waals surface area contributed by atoms with Gasteiger partial charge in [-0.2, -0.15) is 0 Å². The molecule has 0 saturated carbocycles. The molecule has 0 aliphatic rings. The summed E-state index contributed by atoms with van der Waals surface area (Å²) in [7, 11) is 1.38. The van der Waals surface area contributed by atoms with Crippen molar-refractivity contribution < 1.29 is 9.53 Å². The van der Waals surface area contributed by atoms with Crippen molar-refractivity contribution >= 4 is 5.97 Å². The Morgan fingerprint density at radius 1 is 1.22 bits per heavy atom. The normalized spacial score (nSPS) is 10.1. The lowest BCUT2D eigenvalue weighted by Gasteiger charge is -2.09. The molecule has 18 heavy (non-hydrogen) atoms. The van der Waals surface area contributed by atoms with Crippen LogP contribution in [-0.2, 0) is 11.2 Å². The molecular weight excluding hydrogens is 226 g/mol. The molecule has 3 heteroatoms. The van der Waals surface area contributed by atoms with Crippen LogP contribution in [-0.4, -0.2) is 18.1 Å². The SMILES string of the molecule is COC(=O)c1cnccc1Cc1ccccc1C. The van der Waals surface area contributed by atoms with E-state index in [1.54, 1.807) is 12.4 Å². The zero-order valence-electron chi connectivity index (χ0n) is 10.5. The maximum Gasteiger partial charge on any atom is 0.339 e. The Balaban J connectivity index is 2.35. The lowest BCUT2D eigenvalue weighted by atomic mass is 9.98. The van der Waals surface area contributed by atoms with Gasteiger partial charge in [0, 0.05) is 12.4 Å². The van der Waals surface area contributed by atoms with Crippen molar-refractivity contribution in [2.45, 2.75) is 13.3 Å². The predicted octanol–water partition coefficient (Wildman–Crippen LogP) is 2.77. The number of benzene rings is 1. The number of carbonyl (C=O) groups excluding carboxylic acids is 1. The molecule has 0 saturated heterocycles. The molecule has 0 atom stereocenters. The highest BCUT2D eigenvalue weighted by Gasteiger charge is 2.12. The van der Waals surface area contributed by atoms with E-state index in [4.69, 9.17) is 4.74 Å². The van der Waals surface area contributed by atoms with E-state index in [1.165, 1.54) is 18.2 Å². The summed E-state index contributed by atoms with van der Waals surface area (Å²) in [5, 5.41) is 0. The Morgan fingerprint density at radius 3 is 2.72 bits per heavy atom. The summed E-state index contributed by atoms with van der Waals surface area (Å²) >= 11 is 0. The average Bonchev–Trinajstić information content (AvgIpc) is 2.41. The molecule has 3 nitrogen and oxygen atoms in total. The largest absolute Gasteiger partial charge is 0.465 e. The first kappa shape index (κ1) is 12.3. The van der Waals surface area contributed by atoms with Gasteiger partial charge in [0.05, 0.1) is 12.7 Å². The van der Waals surface area contributed by atoms with Crippen molar-refractivity contribution in [2.75, 3.05) is 7.11 Å². The van der Waals surface area contributed by atoms with E-state index in [0.717, 1.165) is 5.56 Å². The average molecular weight is 241 g/mol. The number of esters is 1. The molecule has 0 aliphatic heterocycles. The maximum atomic E-state index is 11.6. The van der Waals surface area contributed by atoms with Crippen LogP contribution in [0, 0.1) is 6.92 Å². The lowest BCUT2D eigenvalue weighted by Crippen LogP contribution is -2.07. The van der Waals surface area contributed by atoms with Crippen LogP contribution >= 0.6 is 0 Å². The molecule has 1 heterocycles. The number of hydrogen-bond donors (Lipinski definition) is 0. The highest BCUT2D eigenvalue weighted by atomic mass is 16.5. The number of methoxy groups -OCH3 is 1. The van der Waals surface area contributed by atoms with Crippen LogP contribution in [0.25, 0.3) is 0 Å². The molecule has 0 fully saturated rings. The summed E-state index contributed by atoms with van der Waals surface area (Å²) < 4.78 is 4.77. The van der Waals surface area contributed by atoms with Gasteiger partial charge in [-0.15, -0.1) is 0 Å². The minimum atomic E-state index is -0.341. The van der Waals surface area contributed by atoms with Crippen LogP contribution < -0.4 is 0 Å². The third-order valence-corrected chi connectivity index (χ3v) is 2.96. The maximum absolute atomic E-state index is 11.6. The monoisotopic (exact) mass is 241 g/mol. The molecule has 0 aliphatic carbocycles. The highest BCUT2D eigenvalue weighted by Crippen LogP contribution is 2.16. The van der Waals surface area contributed by atoms with Crippen LogP contribution in [0.15, 0.2) is 42.7 Å². The predicted molar refractivity (Wildman–Crippen MR) is 69.6 cm³/mol. The van der Waals surface area contributed by atoms with Gasteiger partial charge >= 0.3 is 5.97 Å². The number of carbonyl (C=O) groups is 1. The quantitative estimate of drug-likeness (QED) is 0.776. The molecule has 1 aromatic carbocycles. The van der Waals surface area contributed by atoms with Gasteiger partial charge in [0.25, 0.3) is 0 Å². The van der Waals surface area contributed by atoms with Gasteiger partial charge in [-0.1, -0.05) is 24.3 Å². The Bertz CT molecular complexity index is 564. The topological polar surface area (TPSA) is 39.2 Å². The number of nitrogens with zero attached hydrogens (tertiary/aromatic N) is 1. The van der Waals surface area contributed by atoms with Gasteiger partial charge in [0.15, 0.2) is 0 Å². The third-order valence-electron chi connectivity index (χ3n) is 2.96. The number of aromatic nitrogens is 1. The molecule has 1 aromatic heterocycles. The van der Waals surface area contributed by atoms with E-state index in [2.05, 4.69) is 24.0 Å². The molecule has 0 amide bonds. The Kier molecular flexibility index (Phi) is 3.72. The molecule has 0 radical (unpaired) electrons. The smallest absolute Gasteiger partial charge is 0.339 e.